The fourth-order valence-electron chi connectivity index (χ4n) is 4.30. The van der Waals surface area contributed by atoms with Crippen molar-refractivity contribution in [1.82, 2.24) is 10.3 Å². The van der Waals surface area contributed by atoms with Crippen molar-refractivity contribution in [3.8, 4) is 0 Å². The molecule has 2 aromatic rings. The molecule has 130 valence electrons. The minimum Gasteiger partial charge on any atom is -0.444 e. The van der Waals surface area contributed by atoms with Crippen molar-refractivity contribution in [2.75, 3.05) is 13.2 Å². The van der Waals surface area contributed by atoms with Gasteiger partial charge >= 0.3 is 0 Å². The number of hydrogen-bond donors (Lipinski definition) is 1. The molecule has 4 rings (SSSR count). The summed E-state index contributed by atoms with van der Waals surface area (Å²) in [6, 6.07) is 2.66. The van der Waals surface area contributed by atoms with Gasteiger partial charge in [-0.3, -0.25) is 0 Å². The molecule has 2 aromatic heterocycles. The van der Waals surface area contributed by atoms with Crippen LogP contribution in [0.15, 0.2) is 16.7 Å². The summed E-state index contributed by atoms with van der Waals surface area (Å²) in [5.41, 5.74) is 1.45. The largest absolute Gasteiger partial charge is 0.444 e. The highest BCUT2D eigenvalue weighted by atomic mass is 35.5. The van der Waals surface area contributed by atoms with Crippen LogP contribution in [0.4, 0.5) is 0 Å². The topological polar surface area (TPSA) is 47.3 Å². The maximum absolute atomic E-state index is 6.38. The lowest BCUT2D eigenvalue weighted by atomic mass is 9.69. The van der Waals surface area contributed by atoms with Crippen LogP contribution < -0.4 is 5.32 Å². The third-order valence-corrected chi connectivity index (χ3v) is 6.77. The summed E-state index contributed by atoms with van der Waals surface area (Å²) in [7, 11) is 0. The molecule has 3 unspecified atom stereocenters. The molecule has 4 nitrogen and oxygen atoms in total. The number of halogens is 1. The monoisotopic (exact) mass is 366 g/mol. The Morgan fingerprint density at radius 2 is 2.25 bits per heavy atom. The Morgan fingerprint density at radius 3 is 3.04 bits per heavy atom. The first-order valence-electron chi connectivity index (χ1n) is 8.60. The van der Waals surface area contributed by atoms with Gasteiger partial charge in [-0.15, -0.1) is 11.3 Å². The van der Waals surface area contributed by atoms with Crippen molar-refractivity contribution in [2.45, 2.75) is 57.0 Å². The molecule has 1 fully saturated rings. The second-order valence-electron chi connectivity index (χ2n) is 7.14. The van der Waals surface area contributed by atoms with Gasteiger partial charge in [-0.1, -0.05) is 11.6 Å². The Bertz CT molecular complexity index is 728. The third kappa shape index (κ3) is 3.03. The molecule has 3 atom stereocenters. The highest BCUT2D eigenvalue weighted by Gasteiger charge is 2.44. The quantitative estimate of drug-likeness (QED) is 0.812. The van der Waals surface area contributed by atoms with Gasteiger partial charge in [0, 0.05) is 22.9 Å². The molecule has 6 heteroatoms. The number of rotatable bonds is 1. The molecule has 0 amide bonds. The van der Waals surface area contributed by atoms with E-state index in [1.165, 1.54) is 10.4 Å². The van der Waals surface area contributed by atoms with E-state index >= 15 is 0 Å². The molecule has 24 heavy (non-hydrogen) atoms. The Morgan fingerprint density at radius 1 is 1.38 bits per heavy atom. The van der Waals surface area contributed by atoms with Crippen LogP contribution in [0.2, 0.25) is 4.34 Å². The van der Waals surface area contributed by atoms with Gasteiger partial charge in [-0.2, -0.15) is 0 Å². The lowest BCUT2D eigenvalue weighted by molar-refractivity contribution is 0.0854. The standard InChI is InChI=1S/C18H23ClN2O2S/c1-11-8-18(9-14(21-11)17-20-10-12(2)23-17)4-6-22-5-3-13-7-15(19)24-16(13)18/h7,10-11,14,21H,3-6,8-9H2,1-2H3. The first-order chi connectivity index (χ1) is 11.6. The normalized spacial score (nSPS) is 30.8. The van der Waals surface area contributed by atoms with Crippen LogP contribution in [0.1, 0.15) is 54.3 Å². The van der Waals surface area contributed by atoms with E-state index in [0.29, 0.717) is 6.04 Å². The molecule has 4 heterocycles. The van der Waals surface area contributed by atoms with Gasteiger partial charge in [0.15, 0.2) is 0 Å². The summed E-state index contributed by atoms with van der Waals surface area (Å²) < 4.78 is 12.6. The molecule has 0 aliphatic carbocycles. The molecule has 1 spiro atoms. The summed E-state index contributed by atoms with van der Waals surface area (Å²) in [4.78, 5) is 5.93. The number of aromatic nitrogens is 1. The molecular weight excluding hydrogens is 344 g/mol. The SMILES string of the molecule is Cc1cnc(C2CC3(CCOCCc4cc(Cl)sc43)CC(C)N2)o1. The summed E-state index contributed by atoms with van der Waals surface area (Å²) in [6.07, 6.45) is 5.85. The van der Waals surface area contributed by atoms with Crippen LogP contribution in [0.25, 0.3) is 0 Å². The number of ether oxygens (including phenoxy) is 1. The number of nitrogens with one attached hydrogen (secondary N) is 1. The number of aryl methyl sites for hydroxylation is 1. The van der Waals surface area contributed by atoms with E-state index in [-0.39, 0.29) is 11.5 Å². The lowest BCUT2D eigenvalue weighted by Gasteiger charge is -2.44. The van der Waals surface area contributed by atoms with Crippen molar-refractivity contribution >= 4 is 22.9 Å². The van der Waals surface area contributed by atoms with E-state index in [1.54, 1.807) is 17.5 Å². The second-order valence-corrected chi connectivity index (χ2v) is 8.82. The zero-order valence-electron chi connectivity index (χ0n) is 14.1. The van der Waals surface area contributed by atoms with Crippen molar-refractivity contribution in [3.05, 3.63) is 38.7 Å². The van der Waals surface area contributed by atoms with Gasteiger partial charge < -0.3 is 14.5 Å². The Kier molecular flexibility index (Phi) is 4.45. The minimum atomic E-state index is 0.0886. The predicted octanol–water partition coefficient (Wildman–Crippen LogP) is 4.41. The Hall–Kier alpha value is -0.880. The van der Waals surface area contributed by atoms with Gasteiger partial charge in [0.25, 0.3) is 0 Å². The summed E-state index contributed by atoms with van der Waals surface area (Å²) in [6.45, 7) is 5.78. The molecule has 1 N–H and O–H groups in total. The number of oxazole rings is 1. The van der Waals surface area contributed by atoms with Crippen LogP contribution in [0.5, 0.6) is 0 Å². The van der Waals surface area contributed by atoms with Gasteiger partial charge in [0.1, 0.15) is 5.76 Å². The van der Waals surface area contributed by atoms with Crippen molar-refractivity contribution in [1.29, 1.82) is 0 Å². The highest BCUT2D eigenvalue weighted by molar-refractivity contribution is 7.16. The Balaban J connectivity index is 1.74. The van der Waals surface area contributed by atoms with Gasteiger partial charge in [0.05, 0.1) is 23.2 Å². The van der Waals surface area contributed by atoms with E-state index in [1.807, 2.05) is 6.92 Å². The van der Waals surface area contributed by atoms with E-state index in [4.69, 9.17) is 20.8 Å². The van der Waals surface area contributed by atoms with Crippen molar-refractivity contribution < 1.29 is 9.15 Å². The molecular formula is C18H23ClN2O2S. The van der Waals surface area contributed by atoms with E-state index in [9.17, 15) is 0 Å². The zero-order chi connectivity index (χ0) is 16.7. The number of hydrogen-bond acceptors (Lipinski definition) is 5. The second kappa shape index (κ2) is 6.45. The first kappa shape index (κ1) is 16.6. The Labute approximate surface area is 151 Å². The van der Waals surface area contributed by atoms with Crippen LogP contribution in [0, 0.1) is 6.92 Å². The molecule has 0 saturated carbocycles. The van der Waals surface area contributed by atoms with Crippen molar-refractivity contribution in [3.63, 3.8) is 0 Å². The highest BCUT2D eigenvalue weighted by Crippen LogP contribution is 2.49. The molecule has 0 aromatic carbocycles. The fraction of sp³-hybridized carbons (Fsp3) is 0.611. The lowest BCUT2D eigenvalue weighted by Crippen LogP contribution is -2.47. The molecule has 2 aliphatic rings. The average Bonchev–Trinajstić information content (AvgIpc) is 3.11. The minimum absolute atomic E-state index is 0.0886. The molecule has 1 saturated heterocycles. The number of nitrogens with zero attached hydrogens (tertiary/aromatic N) is 1. The predicted molar refractivity (Wildman–Crippen MR) is 96.0 cm³/mol. The molecule has 2 aliphatic heterocycles. The maximum atomic E-state index is 6.38. The van der Waals surface area contributed by atoms with Crippen LogP contribution >= 0.6 is 22.9 Å². The molecule has 0 radical (unpaired) electrons. The number of thiophene rings is 1. The summed E-state index contributed by atoms with van der Waals surface area (Å²) in [5, 5.41) is 3.67. The smallest absolute Gasteiger partial charge is 0.211 e. The van der Waals surface area contributed by atoms with Gasteiger partial charge in [0.2, 0.25) is 5.89 Å². The van der Waals surface area contributed by atoms with E-state index in [2.05, 4.69) is 23.3 Å². The summed E-state index contributed by atoms with van der Waals surface area (Å²) >= 11 is 8.14. The third-order valence-electron chi connectivity index (χ3n) is 5.22. The van der Waals surface area contributed by atoms with Gasteiger partial charge in [-0.25, -0.2) is 4.98 Å². The fourth-order valence-corrected chi connectivity index (χ4v) is 5.83. The number of piperidine rings is 1. The average molecular weight is 367 g/mol. The van der Waals surface area contributed by atoms with Gasteiger partial charge in [-0.05, 0) is 51.2 Å². The summed E-state index contributed by atoms with van der Waals surface area (Å²) in [5.74, 6) is 1.66. The van der Waals surface area contributed by atoms with Crippen LogP contribution in [0.3, 0.4) is 0 Å². The maximum Gasteiger partial charge on any atom is 0.211 e. The van der Waals surface area contributed by atoms with Crippen molar-refractivity contribution in [2.24, 2.45) is 0 Å². The zero-order valence-corrected chi connectivity index (χ0v) is 15.7. The molecule has 0 bridgehead atoms. The first-order valence-corrected chi connectivity index (χ1v) is 9.80. The van der Waals surface area contributed by atoms with Crippen LogP contribution in [-0.2, 0) is 16.6 Å². The van der Waals surface area contributed by atoms with E-state index in [0.717, 1.165) is 54.9 Å². The number of fused-ring (bicyclic) bond motifs is 2. The van der Waals surface area contributed by atoms with Crippen LogP contribution in [-0.4, -0.2) is 24.2 Å². The van der Waals surface area contributed by atoms with E-state index < -0.39 is 0 Å².